The topological polar surface area (TPSA) is 51.0 Å². The van der Waals surface area contributed by atoms with Crippen LogP contribution >= 0.6 is 0 Å². The van der Waals surface area contributed by atoms with E-state index >= 15 is 0 Å². The summed E-state index contributed by atoms with van der Waals surface area (Å²) in [5, 5.41) is 4.19. The first kappa shape index (κ1) is 14.7. The first-order valence-electron chi connectivity index (χ1n) is 7.63. The molecule has 5 nitrogen and oxygen atoms in total. The van der Waals surface area contributed by atoms with Gasteiger partial charge in [0.15, 0.2) is 0 Å². The van der Waals surface area contributed by atoms with E-state index < -0.39 is 5.82 Å². The second-order valence-electron chi connectivity index (χ2n) is 5.60. The van der Waals surface area contributed by atoms with Crippen LogP contribution in [0.5, 0.6) is 0 Å². The molecule has 3 rings (SSSR count). The van der Waals surface area contributed by atoms with Gasteiger partial charge in [-0.2, -0.15) is 5.10 Å². The number of pyridine rings is 1. The van der Waals surface area contributed by atoms with Crippen LogP contribution in [0.3, 0.4) is 0 Å². The predicted molar refractivity (Wildman–Crippen MR) is 79.7 cm³/mol. The fourth-order valence-electron chi connectivity index (χ4n) is 2.98. The summed E-state index contributed by atoms with van der Waals surface area (Å²) in [6.45, 7) is 1.50. The van der Waals surface area contributed by atoms with Gasteiger partial charge in [-0.1, -0.05) is 0 Å². The minimum Gasteiger partial charge on any atom is -0.336 e. The molecule has 0 radical (unpaired) electrons. The highest BCUT2D eigenvalue weighted by Gasteiger charge is 2.27. The number of hydrogen-bond acceptors (Lipinski definition) is 3. The molecular weight excluding hydrogens is 283 g/mol. The summed E-state index contributed by atoms with van der Waals surface area (Å²) in [6, 6.07) is 3.32. The lowest BCUT2D eigenvalue weighted by atomic mass is 9.98. The number of nitrogens with zero attached hydrogens (tertiary/aromatic N) is 4. The minimum atomic E-state index is -0.476. The zero-order valence-electron chi connectivity index (χ0n) is 12.4. The minimum absolute atomic E-state index is 0.128. The van der Waals surface area contributed by atoms with Crippen LogP contribution in [0.25, 0.3) is 0 Å². The molecule has 1 unspecified atom stereocenters. The smallest absolute Gasteiger partial charge is 0.255 e. The molecule has 0 bridgehead atoms. The van der Waals surface area contributed by atoms with Crippen molar-refractivity contribution in [2.45, 2.75) is 38.3 Å². The summed E-state index contributed by atoms with van der Waals surface area (Å²) in [5.74, 6) is -0.604. The maximum Gasteiger partial charge on any atom is 0.255 e. The van der Waals surface area contributed by atoms with Gasteiger partial charge in [0.1, 0.15) is 5.82 Å². The fraction of sp³-hybridized carbons (Fsp3) is 0.438. The van der Waals surface area contributed by atoms with Crippen molar-refractivity contribution in [3.63, 3.8) is 0 Å². The van der Waals surface area contributed by atoms with Crippen molar-refractivity contribution in [2.24, 2.45) is 0 Å². The highest BCUT2D eigenvalue weighted by atomic mass is 19.1. The standard InChI is InChI=1S/C16H19FN4O/c17-14-10-13(11-18-12-14)16(22)21-8-2-1-4-15(21)5-9-20-7-3-6-19-20/h3,6-7,10-12,15H,1-2,4-5,8-9H2. The normalized spacial score (nSPS) is 18.4. The number of likely N-dealkylation sites (tertiary alicyclic amines) is 1. The summed E-state index contributed by atoms with van der Waals surface area (Å²) < 4.78 is 15.2. The lowest BCUT2D eigenvalue weighted by molar-refractivity contribution is 0.0593. The molecule has 1 aliphatic heterocycles. The molecule has 1 aliphatic rings. The number of hydrogen-bond donors (Lipinski definition) is 0. The monoisotopic (exact) mass is 302 g/mol. The lowest BCUT2D eigenvalue weighted by Gasteiger charge is -2.36. The number of halogens is 1. The molecule has 3 heterocycles. The van der Waals surface area contributed by atoms with Crippen molar-refractivity contribution in [1.82, 2.24) is 19.7 Å². The van der Waals surface area contributed by atoms with Crippen LogP contribution in [-0.2, 0) is 6.54 Å². The van der Waals surface area contributed by atoms with Gasteiger partial charge in [-0.05, 0) is 37.8 Å². The molecule has 0 aromatic carbocycles. The quantitative estimate of drug-likeness (QED) is 0.872. The van der Waals surface area contributed by atoms with Gasteiger partial charge in [0, 0.05) is 37.7 Å². The van der Waals surface area contributed by atoms with E-state index in [1.807, 2.05) is 21.8 Å². The average Bonchev–Trinajstić information content (AvgIpc) is 3.06. The Morgan fingerprint density at radius 3 is 3.05 bits per heavy atom. The third-order valence-electron chi connectivity index (χ3n) is 4.09. The van der Waals surface area contributed by atoms with E-state index in [1.54, 1.807) is 6.20 Å². The van der Waals surface area contributed by atoms with Crippen LogP contribution in [0.15, 0.2) is 36.9 Å². The molecule has 1 fully saturated rings. The molecule has 2 aromatic heterocycles. The zero-order valence-corrected chi connectivity index (χ0v) is 12.4. The fourth-order valence-corrected chi connectivity index (χ4v) is 2.98. The summed E-state index contributed by atoms with van der Waals surface area (Å²) in [6.07, 6.45) is 10.2. The van der Waals surface area contributed by atoms with Gasteiger partial charge in [0.2, 0.25) is 0 Å². The number of amides is 1. The van der Waals surface area contributed by atoms with E-state index in [1.165, 1.54) is 12.3 Å². The van der Waals surface area contributed by atoms with Crippen LogP contribution in [-0.4, -0.2) is 38.2 Å². The highest BCUT2D eigenvalue weighted by molar-refractivity contribution is 5.94. The number of aryl methyl sites for hydroxylation is 1. The van der Waals surface area contributed by atoms with Crippen LogP contribution in [0, 0.1) is 5.82 Å². The number of rotatable bonds is 4. The zero-order chi connectivity index (χ0) is 15.4. The van der Waals surface area contributed by atoms with Crippen LogP contribution in [0.1, 0.15) is 36.0 Å². The van der Waals surface area contributed by atoms with Crippen LogP contribution in [0.2, 0.25) is 0 Å². The van der Waals surface area contributed by atoms with E-state index in [0.29, 0.717) is 5.56 Å². The lowest BCUT2D eigenvalue weighted by Crippen LogP contribution is -2.44. The van der Waals surface area contributed by atoms with E-state index in [9.17, 15) is 9.18 Å². The summed E-state index contributed by atoms with van der Waals surface area (Å²) >= 11 is 0. The summed E-state index contributed by atoms with van der Waals surface area (Å²) in [4.78, 5) is 18.3. The highest BCUT2D eigenvalue weighted by Crippen LogP contribution is 2.22. The van der Waals surface area contributed by atoms with Crippen molar-refractivity contribution in [3.8, 4) is 0 Å². The molecular formula is C16H19FN4O. The summed E-state index contributed by atoms with van der Waals surface area (Å²) in [7, 11) is 0. The van der Waals surface area contributed by atoms with E-state index in [-0.39, 0.29) is 11.9 Å². The molecule has 1 saturated heterocycles. The Labute approximate surface area is 128 Å². The number of carbonyl (C=O) groups is 1. The maximum atomic E-state index is 13.3. The Balaban J connectivity index is 1.70. The Kier molecular flexibility index (Phi) is 4.46. The Bertz CT molecular complexity index is 629. The third kappa shape index (κ3) is 3.32. The number of piperidine rings is 1. The Morgan fingerprint density at radius 1 is 1.36 bits per heavy atom. The number of carbonyl (C=O) groups excluding carboxylic acids is 1. The largest absolute Gasteiger partial charge is 0.336 e. The molecule has 0 N–H and O–H groups in total. The molecule has 0 aliphatic carbocycles. The molecule has 0 spiro atoms. The Morgan fingerprint density at radius 2 is 2.27 bits per heavy atom. The molecule has 116 valence electrons. The first-order chi connectivity index (χ1) is 10.7. The van der Waals surface area contributed by atoms with Gasteiger partial charge in [-0.3, -0.25) is 14.5 Å². The van der Waals surface area contributed by atoms with Crippen molar-refractivity contribution in [1.29, 1.82) is 0 Å². The molecule has 6 heteroatoms. The van der Waals surface area contributed by atoms with Crippen LogP contribution < -0.4 is 0 Å². The Hall–Kier alpha value is -2.24. The van der Waals surface area contributed by atoms with Gasteiger partial charge >= 0.3 is 0 Å². The second kappa shape index (κ2) is 6.68. The van der Waals surface area contributed by atoms with Crippen molar-refractivity contribution < 1.29 is 9.18 Å². The average molecular weight is 302 g/mol. The van der Waals surface area contributed by atoms with E-state index in [0.717, 1.165) is 45.0 Å². The molecule has 2 aromatic rings. The van der Waals surface area contributed by atoms with Gasteiger partial charge < -0.3 is 4.90 Å². The first-order valence-corrected chi connectivity index (χ1v) is 7.63. The molecule has 0 saturated carbocycles. The summed E-state index contributed by atoms with van der Waals surface area (Å²) in [5.41, 5.74) is 0.325. The second-order valence-corrected chi connectivity index (χ2v) is 5.60. The maximum absolute atomic E-state index is 13.3. The van der Waals surface area contributed by atoms with E-state index in [2.05, 4.69) is 10.1 Å². The van der Waals surface area contributed by atoms with Crippen LogP contribution in [0.4, 0.5) is 4.39 Å². The van der Waals surface area contributed by atoms with Gasteiger partial charge in [-0.25, -0.2) is 4.39 Å². The van der Waals surface area contributed by atoms with Gasteiger partial charge in [0.25, 0.3) is 5.91 Å². The molecule has 1 atom stereocenters. The molecule has 1 amide bonds. The third-order valence-corrected chi connectivity index (χ3v) is 4.09. The SMILES string of the molecule is O=C(c1cncc(F)c1)N1CCCCC1CCn1cccn1. The van der Waals surface area contributed by atoms with E-state index in [4.69, 9.17) is 0 Å². The van der Waals surface area contributed by atoms with Gasteiger partial charge in [0.05, 0.1) is 11.8 Å². The number of aromatic nitrogens is 3. The predicted octanol–water partition coefficient (Wildman–Crippen LogP) is 2.50. The van der Waals surface area contributed by atoms with Crippen molar-refractivity contribution in [2.75, 3.05) is 6.54 Å². The van der Waals surface area contributed by atoms with Crippen molar-refractivity contribution >= 4 is 5.91 Å². The molecule has 22 heavy (non-hydrogen) atoms. The van der Waals surface area contributed by atoms with Crippen molar-refractivity contribution in [3.05, 3.63) is 48.3 Å². The van der Waals surface area contributed by atoms with Gasteiger partial charge in [-0.15, -0.1) is 0 Å².